The molecule has 1 aromatic rings. The summed E-state index contributed by atoms with van der Waals surface area (Å²) in [6.45, 7) is 5.97. The van der Waals surface area contributed by atoms with Crippen LogP contribution in [0.25, 0.3) is 5.57 Å². The number of rotatable bonds is 11. The Labute approximate surface area is 164 Å². The maximum absolute atomic E-state index is 15.8. The van der Waals surface area contributed by atoms with Gasteiger partial charge in [0.05, 0.1) is 0 Å². The third-order valence-corrected chi connectivity index (χ3v) is 19.7. The molecule has 27 heavy (non-hydrogen) atoms. The zero-order chi connectivity index (χ0) is 20.5. The van der Waals surface area contributed by atoms with Crippen molar-refractivity contribution in [2.24, 2.45) is 0 Å². The van der Waals surface area contributed by atoms with E-state index in [9.17, 15) is 17.6 Å². The molecular weight excluding hydrogens is 466 g/mol. The van der Waals surface area contributed by atoms with Gasteiger partial charge in [-0.15, -0.1) is 0 Å². The molecule has 0 unspecified atom stereocenters. The van der Waals surface area contributed by atoms with Crippen molar-refractivity contribution in [2.45, 2.75) is 78.8 Å². The van der Waals surface area contributed by atoms with E-state index in [4.69, 9.17) is 0 Å². The summed E-state index contributed by atoms with van der Waals surface area (Å²) < 4.78 is 71.7. The van der Waals surface area contributed by atoms with E-state index >= 15 is 4.39 Å². The first-order valence-electron chi connectivity index (χ1n) is 9.95. The number of alkyl halides is 3. The van der Waals surface area contributed by atoms with E-state index in [-0.39, 0.29) is 5.56 Å². The van der Waals surface area contributed by atoms with Crippen LogP contribution >= 0.6 is 0 Å². The van der Waals surface area contributed by atoms with Gasteiger partial charge in [-0.2, -0.15) is 0 Å². The molecule has 0 heterocycles. The molecule has 0 aliphatic rings. The fraction of sp³-hybridized carbons (Fsp3) is 0.619. The van der Waals surface area contributed by atoms with Gasteiger partial charge in [0.1, 0.15) is 0 Å². The van der Waals surface area contributed by atoms with Crippen LogP contribution in [0.4, 0.5) is 22.0 Å². The zero-order valence-corrected chi connectivity index (χ0v) is 19.4. The van der Waals surface area contributed by atoms with Crippen molar-refractivity contribution in [3.8, 4) is 0 Å². The van der Waals surface area contributed by atoms with Gasteiger partial charge in [-0.3, -0.25) is 0 Å². The van der Waals surface area contributed by atoms with E-state index in [0.717, 1.165) is 62.8 Å². The Hall–Kier alpha value is -0.591. The molecule has 6 heteroatoms. The third-order valence-electron chi connectivity index (χ3n) is 5.13. The van der Waals surface area contributed by atoms with Crippen LogP contribution in [-0.2, 0) is 0 Å². The molecule has 1 rings (SSSR count). The van der Waals surface area contributed by atoms with Crippen molar-refractivity contribution in [1.82, 2.24) is 0 Å². The van der Waals surface area contributed by atoms with Gasteiger partial charge < -0.3 is 0 Å². The molecule has 0 saturated carbocycles. The van der Waals surface area contributed by atoms with Gasteiger partial charge in [-0.1, -0.05) is 0 Å². The second-order valence-corrected chi connectivity index (χ2v) is 20.1. The van der Waals surface area contributed by atoms with Crippen LogP contribution in [0.1, 0.15) is 64.9 Å². The van der Waals surface area contributed by atoms with Crippen LogP contribution < -0.4 is 0 Å². The number of halogens is 5. The van der Waals surface area contributed by atoms with Crippen LogP contribution in [-0.4, -0.2) is 24.6 Å². The minimum absolute atomic E-state index is 0.257. The number of hydrogen-bond donors (Lipinski definition) is 0. The molecule has 0 saturated heterocycles. The normalized spacial score (nSPS) is 13.6. The first-order valence-corrected chi connectivity index (χ1v) is 17.4. The molecule has 0 amide bonds. The van der Waals surface area contributed by atoms with Crippen molar-refractivity contribution in [2.75, 3.05) is 0 Å². The van der Waals surface area contributed by atoms with Gasteiger partial charge in [-0.25, -0.2) is 0 Å². The molecule has 0 nitrogen and oxygen atoms in total. The van der Waals surface area contributed by atoms with Crippen LogP contribution in [0.5, 0.6) is 0 Å². The first kappa shape index (κ1) is 24.4. The Bertz CT molecular complexity index is 568. The summed E-state index contributed by atoms with van der Waals surface area (Å²) >= 11 is -3.86. The van der Waals surface area contributed by atoms with E-state index < -0.39 is 39.8 Å². The van der Waals surface area contributed by atoms with Crippen molar-refractivity contribution in [3.63, 3.8) is 0 Å². The average molecular weight is 497 g/mol. The second-order valence-electron chi connectivity index (χ2n) is 7.28. The molecule has 1 aromatic carbocycles. The molecule has 0 bridgehead atoms. The fourth-order valence-corrected chi connectivity index (χ4v) is 18.7. The molecule has 0 aliphatic heterocycles. The second kappa shape index (κ2) is 11.4. The van der Waals surface area contributed by atoms with Crippen LogP contribution in [0, 0.1) is 5.82 Å². The quantitative estimate of drug-likeness (QED) is 0.213. The van der Waals surface area contributed by atoms with E-state index in [1.54, 1.807) is 0 Å². The van der Waals surface area contributed by atoms with E-state index in [1.807, 2.05) is 20.8 Å². The van der Waals surface area contributed by atoms with Gasteiger partial charge >= 0.3 is 164 Å². The Morgan fingerprint density at radius 2 is 1.22 bits per heavy atom. The maximum atomic E-state index is 15.8. The van der Waals surface area contributed by atoms with E-state index in [0.29, 0.717) is 13.3 Å². The molecule has 0 aliphatic carbocycles. The molecule has 154 valence electrons. The molecule has 0 radical (unpaired) electrons. The molecule has 0 aromatic heterocycles. The molecular formula is C21H31F5Sn. The van der Waals surface area contributed by atoms with E-state index in [2.05, 4.69) is 0 Å². The van der Waals surface area contributed by atoms with Crippen LogP contribution in [0.2, 0.25) is 13.3 Å². The summed E-state index contributed by atoms with van der Waals surface area (Å²) in [4.78, 5) is 0. The molecule has 0 fully saturated rings. The predicted octanol–water partition coefficient (Wildman–Crippen LogP) is 8.46. The Balaban J connectivity index is 3.59. The molecule has 0 spiro atoms. The number of benzene rings is 1. The van der Waals surface area contributed by atoms with Gasteiger partial charge in [-0.05, 0) is 0 Å². The summed E-state index contributed by atoms with van der Waals surface area (Å²) in [5.41, 5.74) is -1.41. The summed E-state index contributed by atoms with van der Waals surface area (Å²) in [5, 5.41) is 0. The monoisotopic (exact) mass is 498 g/mol. The molecule has 0 N–H and O–H groups in total. The summed E-state index contributed by atoms with van der Waals surface area (Å²) in [5.74, 6) is -0.626. The topological polar surface area (TPSA) is 0 Å². The van der Waals surface area contributed by atoms with Gasteiger partial charge in [0.2, 0.25) is 0 Å². The number of hydrogen-bond acceptors (Lipinski definition) is 0. The predicted molar refractivity (Wildman–Crippen MR) is 105 cm³/mol. The summed E-state index contributed by atoms with van der Waals surface area (Å²) in [6, 6.07) is 4.03. The average Bonchev–Trinajstić information content (AvgIpc) is 2.62. The number of unbranched alkanes of at least 4 members (excludes halogenated alkanes) is 3. The van der Waals surface area contributed by atoms with E-state index in [1.165, 1.54) is 0 Å². The van der Waals surface area contributed by atoms with Crippen LogP contribution in [0.3, 0.4) is 0 Å². The minimum atomic E-state index is -4.78. The SMILES string of the molecule is CCC[CH2][Sn]([CH2]CCC)([CH2]CCC)/[C](F)=C(/c1ccc(F)cc1)C(F)(F)F. The van der Waals surface area contributed by atoms with Crippen LogP contribution in [0.15, 0.2) is 28.1 Å². The molecule has 0 atom stereocenters. The third kappa shape index (κ3) is 7.06. The van der Waals surface area contributed by atoms with Crippen molar-refractivity contribution >= 4 is 24.0 Å². The summed E-state index contributed by atoms with van der Waals surface area (Å²) in [6.07, 6.45) is 0.0729. The zero-order valence-electron chi connectivity index (χ0n) is 16.6. The summed E-state index contributed by atoms with van der Waals surface area (Å²) in [7, 11) is 0. The Kier molecular flexibility index (Phi) is 10.3. The number of allylic oxidation sites excluding steroid dienone is 1. The van der Waals surface area contributed by atoms with Gasteiger partial charge in [0, 0.05) is 0 Å². The van der Waals surface area contributed by atoms with Gasteiger partial charge in [0.25, 0.3) is 0 Å². The standard InChI is InChI=1S/C9H4F5.3C4H9.Sn/c10-5-8(9(12,13)14)6-1-3-7(11)4-2-6;3*1-3-4-2;/h1-4H;3*1,3-4H2,2H3;. The Morgan fingerprint density at radius 1 is 0.815 bits per heavy atom. The Morgan fingerprint density at radius 3 is 1.56 bits per heavy atom. The fourth-order valence-electron chi connectivity index (χ4n) is 3.55. The van der Waals surface area contributed by atoms with Crippen molar-refractivity contribution < 1.29 is 22.0 Å². The van der Waals surface area contributed by atoms with Crippen molar-refractivity contribution in [3.05, 3.63) is 39.5 Å². The van der Waals surface area contributed by atoms with Gasteiger partial charge in [0.15, 0.2) is 0 Å². The van der Waals surface area contributed by atoms with Crippen molar-refractivity contribution in [1.29, 1.82) is 0 Å². The first-order chi connectivity index (χ1) is 12.7.